The number of hydrogen-bond donors (Lipinski definition) is 2. The van der Waals surface area contributed by atoms with Crippen molar-refractivity contribution >= 4 is 12.2 Å². The molecule has 25 heavy (non-hydrogen) atoms. The van der Waals surface area contributed by atoms with Gasteiger partial charge in [0.25, 0.3) is 0 Å². The summed E-state index contributed by atoms with van der Waals surface area (Å²) >= 11 is 0. The van der Waals surface area contributed by atoms with E-state index in [1.165, 1.54) is 0 Å². The summed E-state index contributed by atoms with van der Waals surface area (Å²) in [6, 6.07) is 10.8. The van der Waals surface area contributed by atoms with Gasteiger partial charge in [-0.2, -0.15) is 0 Å². The molecule has 0 spiro atoms. The number of aromatic hydroxyl groups is 2. The quantitative estimate of drug-likeness (QED) is 0.709. The van der Waals surface area contributed by atoms with Gasteiger partial charge in [0.15, 0.2) is 23.0 Å². The Morgan fingerprint density at radius 2 is 1.20 bits per heavy atom. The topological polar surface area (TPSA) is 58.9 Å². The Balaban J connectivity index is 2.01. The molecule has 0 aliphatic carbocycles. The number of rotatable bonds is 8. The monoisotopic (exact) mass is 340 g/mol. The van der Waals surface area contributed by atoms with Gasteiger partial charge in [-0.15, -0.1) is 0 Å². The number of hydrogen-bond acceptors (Lipinski definition) is 4. The van der Waals surface area contributed by atoms with Gasteiger partial charge in [-0.05, 0) is 32.4 Å². The van der Waals surface area contributed by atoms with Crippen molar-refractivity contribution in [3.63, 3.8) is 0 Å². The van der Waals surface area contributed by atoms with Crippen molar-refractivity contribution in [1.29, 1.82) is 0 Å². The first-order chi connectivity index (χ1) is 12.2. The third-order valence-corrected chi connectivity index (χ3v) is 3.53. The lowest BCUT2D eigenvalue weighted by Gasteiger charge is -2.07. The van der Waals surface area contributed by atoms with Crippen LogP contribution in [0.3, 0.4) is 0 Å². The van der Waals surface area contributed by atoms with Crippen molar-refractivity contribution in [2.45, 2.75) is 20.3 Å². The molecule has 0 aliphatic heterocycles. The van der Waals surface area contributed by atoms with Gasteiger partial charge in [0.2, 0.25) is 0 Å². The first-order valence-electron chi connectivity index (χ1n) is 8.40. The van der Waals surface area contributed by atoms with E-state index >= 15 is 0 Å². The second kappa shape index (κ2) is 9.42. The zero-order valence-corrected chi connectivity index (χ0v) is 14.6. The Hall–Kier alpha value is -2.88. The number of allylic oxidation sites excluding steroid dienone is 2. The minimum Gasteiger partial charge on any atom is -0.504 e. The van der Waals surface area contributed by atoms with E-state index < -0.39 is 0 Å². The molecule has 132 valence electrons. The SMILES string of the molecule is CCOc1cccc(C=CCC=Cc2cccc(OCC)c2O)c1O. The molecule has 0 fully saturated rings. The van der Waals surface area contributed by atoms with E-state index in [-0.39, 0.29) is 11.5 Å². The van der Waals surface area contributed by atoms with Crippen molar-refractivity contribution in [3.05, 3.63) is 59.7 Å². The molecule has 0 amide bonds. The van der Waals surface area contributed by atoms with Crippen LogP contribution in [-0.2, 0) is 0 Å². The fourth-order valence-electron chi connectivity index (χ4n) is 2.36. The first-order valence-corrected chi connectivity index (χ1v) is 8.40. The van der Waals surface area contributed by atoms with Crippen molar-refractivity contribution in [2.75, 3.05) is 13.2 Å². The number of phenolic OH excluding ortho intramolecular Hbond substituents is 2. The molecule has 2 aromatic rings. The average molecular weight is 340 g/mol. The fourth-order valence-corrected chi connectivity index (χ4v) is 2.36. The van der Waals surface area contributed by atoms with Gasteiger partial charge < -0.3 is 19.7 Å². The van der Waals surface area contributed by atoms with Crippen LogP contribution in [0.25, 0.3) is 12.2 Å². The predicted molar refractivity (Wildman–Crippen MR) is 101 cm³/mol. The fraction of sp³-hybridized carbons (Fsp3) is 0.238. The third kappa shape index (κ3) is 5.05. The molecule has 2 N–H and O–H groups in total. The molecule has 0 aliphatic rings. The zero-order valence-electron chi connectivity index (χ0n) is 14.6. The molecule has 0 atom stereocenters. The van der Waals surface area contributed by atoms with E-state index in [1.54, 1.807) is 12.1 Å². The summed E-state index contributed by atoms with van der Waals surface area (Å²) in [6.07, 6.45) is 8.23. The maximum atomic E-state index is 10.1. The van der Waals surface area contributed by atoms with Crippen LogP contribution in [0.4, 0.5) is 0 Å². The van der Waals surface area contributed by atoms with Crippen LogP contribution in [0.15, 0.2) is 48.6 Å². The van der Waals surface area contributed by atoms with Gasteiger partial charge >= 0.3 is 0 Å². The van der Waals surface area contributed by atoms with E-state index in [0.717, 1.165) is 0 Å². The highest BCUT2D eigenvalue weighted by molar-refractivity contribution is 5.63. The molecule has 2 aromatic carbocycles. The molecule has 0 unspecified atom stereocenters. The normalized spacial score (nSPS) is 11.3. The van der Waals surface area contributed by atoms with Gasteiger partial charge in [-0.25, -0.2) is 0 Å². The molecule has 0 aromatic heterocycles. The highest BCUT2D eigenvalue weighted by Crippen LogP contribution is 2.31. The van der Waals surface area contributed by atoms with Crippen molar-refractivity contribution in [2.24, 2.45) is 0 Å². The molecule has 0 bridgehead atoms. The second-order valence-electron chi connectivity index (χ2n) is 5.29. The average Bonchev–Trinajstić information content (AvgIpc) is 2.61. The highest BCUT2D eigenvalue weighted by atomic mass is 16.5. The van der Waals surface area contributed by atoms with Crippen molar-refractivity contribution < 1.29 is 19.7 Å². The number of ether oxygens (including phenoxy) is 2. The van der Waals surface area contributed by atoms with Crippen LogP contribution in [0.5, 0.6) is 23.0 Å². The zero-order chi connectivity index (χ0) is 18.1. The molecule has 0 saturated heterocycles. The summed E-state index contributed by atoms with van der Waals surface area (Å²) < 4.78 is 10.7. The second-order valence-corrected chi connectivity index (χ2v) is 5.29. The van der Waals surface area contributed by atoms with Crippen LogP contribution < -0.4 is 9.47 Å². The molecule has 0 radical (unpaired) electrons. The predicted octanol–water partition coefficient (Wildman–Crippen LogP) is 5.01. The van der Waals surface area contributed by atoms with Crippen LogP contribution in [-0.4, -0.2) is 23.4 Å². The molecular formula is C21H24O4. The van der Waals surface area contributed by atoms with E-state index in [9.17, 15) is 10.2 Å². The van der Waals surface area contributed by atoms with Gasteiger partial charge in [0, 0.05) is 11.1 Å². The maximum absolute atomic E-state index is 10.1. The van der Waals surface area contributed by atoms with Crippen LogP contribution >= 0.6 is 0 Å². The summed E-state index contributed by atoms with van der Waals surface area (Å²) in [5.41, 5.74) is 1.42. The summed E-state index contributed by atoms with van der Waals surface area (Å²) in [5, 5.41) is 20.3. The number of para-hydroxylation sites is 2. The summed E-state index contributed by atoms with van der Waals surface area (Å²) in [7, 11) is 0. The lowest BCUT2D eigenvalue weighted by Crippen LogP contribution is -1.92. The Morgan fingerprint density at radius 1 is 0.760 bits per heavy atom. The Morgan fingerprint density at radius 3 is 1.60 bits per heavy atom. The Bertz CT molecular complexity index is 684. The van der Waals surface area contributed by atoms with Crippen molar-refractivity contribution in [1.82, 2.24) is 0 Å². The Labute approximate surface area is 148 Å². The van der Waals surface area contributed by atoms with E-state index in [1.807, 2.05) is 62.4 Å². The van der Waals surface area contributed by atoms with Gasteiger partial charge in [0.05, 0.1) is 13.2 Å². The minimum absolute atomic E-state index is 0.145. The maximum Gasteiger partial charge on any atom is 0.165 e. The largest absolute Gasteiger partial charge is 0.504 e. The van der Waals surface area contributed by atoms with Crippen LogP contribution in [0, 0.1) is 0 Å². The summed E-state index contributed by atoms with van der Waals surface area (Å²) in [4.78, 5) is 0. The molecule has 4 heteroatoms. The molecule has 2 rings (SSSR count). The smallest absolute Gasteiger partial charge is 0.165 e. The van der Waals surface area contributed by atoms with Crippen LogP contribution in [0.2, 0.25) is 0 Å². The van der Waals surface area contributed by atoms with Crippen LogP contribution in [0.1, 0.15) is 31.4 Å². The molecular weight excluding hydrogens is 316 g/mol. The Kier molecular flexibility index (Phi) is 6.96. The molecule has 0 saturated carbocycles. The lowest BCUT2D eigenvalue weighted by molar-refractivity contribution is 0.318. The van der Waals surface area contributed by atoms with E-state index in [2.05, 4.69) is 0 Å². The van der Waals surface area contributed by atoms with Gasteiger partial charge in [0.1, 0.15) is 0 Å². The lowest BCUT2D eigenvalue weighted by atomic mass is 10.1. The number of benzene rings is 2. The van der Waals surface area contributed by atoms with Gasteiger partial charge in [-0.1, -0.05) is 48.6 Å². The third-order valence-electron chi connectivity index (χ3n) is 3.53. The summed E-state index contributed by atoms with van der Waals surface area (Å²) in [5.74, 6) is 1.26. The first kappa shape index (κ1) is 18.5. The van der Waals surface area contributed by atoms with Crippen molar-refractivity contribution in [3.8, 4) is 23.0 Å². The standard InChI is InChI=1S/C21H24O4/c1-3-24-18-14-8-12-16(20(18)22)10-6-5-7-11-17-13-9-15-19(21(17)23)25-4-2/h6-15,22-23H,3-5H2,1-2H3. The minimum atomic E-state index is 0.145. The number of phenols is 2. The van der Waals surface area contributed by atoms with Gasteiger partial charge in [-0.3, -0.25) is 0 Å². The van der Waals surface area contributed by atoms with E-state index in [0.29, 0.717) is 42.3 Å². The highest BCUT2D eigenvalue weighted by Gasteiger charge is 2.05. The molecule has 0 heterocycles. The summed E-state index contributed by atoms with van der Waals surface area (Å²) in [6.45, 7) is 4.77. The molecule has 4 nitrogen and oxygen atoms in total. The van der Waals surface area contributed by atoms with E-state index in [4.69, 9.17) is 9.47 Å².